The fourth-order valence-electron chi connectivity index (χ4n) is 3.43. The first kappa shape index (κ1) is 12.5. The summed E-state index contributed by atoms with van der Waals surface area (Å²) < 4.78 is 0. The van der Waals surface area contributed by atoms with Crippen LogP contribution in [0.4, 0.5) is 5.95 Å². The third-order valence-electron chi connectivity index (χ3n) is 4.61. The van der Waals surface area contributed by atoms with E-state index in [1.54, 1.807) is 0 Å². The van der Waals surface area contributed by atoms with Crippen LogP contribution in [-0.4, -0.2) is 27.1 Å². The Kier molecular flexibility index (Phi) is 2.97. The van der Waals surface area contributed by atoms with Gasteiger partial charge in [0.15, 0.2) is 0 Å². The van der Waals surface area contributed by atoms with Crippen molar-refractivity contribution in [2.24, 2.45) is 23.5 Å². The summed E-state index contributed by atoms with van der Waals surface area (Å²) in [5.74, 6) is 1.08. The van der Waals surface area contributed by atoms with Crippen LogP contribution in [0.3, 0.4) is 0 Å². The maximum absolute atomic E-state index is 12.3. The highest BCUT2D eigenvalue weighted by atomic mass is 16.2. The van der Waals surface area contributed by atoms with E-state index in [4.69, 9.17) is 5.73 Å². The second-order valence-corrected chi connectivity index (χ2v) is 5.73. The van der Waals surface area contributed by atoms with Crippen LogP contribution in [0, 0.1) is 31.6 Å². The van der Waals surface area contributed by atoms with Gasteiger partial charge in [0.1, 0.15) is 0 Å². The zero-order valence-electron chi connectivity index (χ0n) is 11.3. The van der Waals surface area contributed by atoms with E-state index >= 15 is 0 Å². The lowest BCUT2D eigenvalue weighted by Crippen LogP contribution is -2.42. The molecule has 0 aliphatic heterocycles. The SMILES string of the molecule is Cc1nnc(NC(=O)C2C3CCC(C3)C2N)nc1C. The summed E-state index contributed by atoms with van der Waals surface area (Å²) in [5.41, 5.74) is 7.71. The normalized spacial score (nSPS) is 32.6. The number of nitrogens with zero attached hydrogens (tertiary/aromatic N) is 3. The number of aryl methyl sites for hydroxylation is 2. The van der Waals surface area contributed by atoms with Crippen molar-refractivity contribution < 1.29 is 4.79 Å². The summed E-state index contributed by atoms with van der Waals surface area (Å²) in [5, 5.41) is 10.6. The van der Waals surface area contributed by atoms with Crippen LogP contribution < -0.4 is 11.1 Å². The number of nitrogens with one attached hydrogen (secondary N) is 1. The number of rotatable bonds is 2. The van der Waals surface area contributed by atoms with Gasteiger partial charge >= 0.3 is 0 Å². The van der Waals surface area contributed by atoms with Crippen molar-refractivity contribution in [3.8, 4) is 0 Å². The molecule has 6 nitrogen and oxygen atoms in total. The highest BCUT2D eigenvalue weighted by molar-refractivity contribution is 5.92. The van der Waals surface area contributed by atoms with Crippen LogP contribution in [-0.2, 0) is 4.79 Å². The van der Waals surface area contributed by atoms with Gasteiger partial charge in [0.05, 0.1) is 17.3 Å². The maximum atomic E-state index is 12.3. The van der Waals surface area contributed by atoms with Crippen molar-refractivity contribution in [3.63, 3.8) is 0 Å². The van der Waals surface area contributed by atoms with Gasteiger partial charge in [-0.2, -0.15) is 5.10 Å². The summed E-state index contributed by atoms with van der Waals surface area (Å²) in [6.45, 7) is 3.69. The molecule has 0 radical (unpaired) electrons. The van der Waals surface area contributed by atoms with Crippen LogP contribution >= 0.6 is 0 Å². The van der Waals surface area contributed by atoms with Gasteiger partial charge in [-0.1, -0.05) is 0 Å². The molecular weight excluding hydrogens is 242 g/mol. The van der Waals surface area contributed by atoms with Gasteiger partial charge in [-0.05, 0) is 44.9 Å². The molecule has 1 heterocycles. The molecule has 2 fully saturated rings. The molecule has 4 atom stereocenters. The third-order valence-corrected chi connectivity index (χ3v) is 4.61. The van der Waals surface area contributed by atoms with Gasteiger partial charge < -0.3 is 5.73 Å². The van der Waals surface area contributed by atoms with E-state index < -0.39 is 0 Å². The lowest BCUT2D eigenvalue weighted by Gasteiger charge is -2.26. The molecule has 2 saturated carbocycles. The zero-order chi connectivity index (χ0) is 13.6. The van der Waals surface area contributed by atoms with Gasteiger partial charge in [-0.25, -0.2) is 4.98 Å². The Morgan fingerprint density at radius 3 is 2.58 bits per heavy atom. The van der Waals surface area contributed by atoms with Gasteiger partial charge in [-0.15, -0.1) is 5.10 Å². The molecular formula is C13H19N5O. The maximum Gasteiger partial charge on any atom is 0.249 e. The number of amides is 1. The first-order chi connectivity index (χ1) is 9.06. The van der Waals surface area contributed by atoms with Crippen LogP contribution in [0.1, 0.15) is 30.7 Å². The molecule has 3 rings (SSSR count). The lowest BCUT2D eigenvalue weighted by molar-refractivity contribution is -0.121. The smallest absolute Gasteiger partial charge is 0.249 e. The zero-order valence-corrected chi connectivity index (χ0v) is 11.3. The van der Waals surface area contributed by atoms with Gasteiger partial charge in [0, 0.05) is 6.04 Å². The fourth-order valence-corrected chi connectivity index (χ4v) is 3.43. The second kappa shape index (κ2) is 4.52. The van der Waals surface area contributed by atoms with E-state index in [-0.39, 0.29) is 23.8 Å². The highest BCUT2D eigenvalue weighted by Gasteiger charge is 2.49. The van der Waals surface area contributed by atoms with Crippen molar-refractivity contribution in [1.82, 2.24) is 15.2 Å². The molecule has 2 bridgehead atoms. The molecule has 0 aromatic carbocycles. The average molecular weight is 261 g/mol. The number of aromatic nitrogens is 3. The van der Waals surface area contributed by atoms with Crippen LogP contribution in [0.15, 0.2) is 0 Å². The Balaban J connectivity index is 1.73. The minimum Gasteiger partial charge on any atom is -0.327 e. The molecule has 6 heteroatoms. The molecule has 1 aromatic heterocycles. The highest BCUT2D eigenvalue weighted by Crippen LogP contribution is 2.47. The molecule has 2 aliphatic carbocycles. The molecule has 1 amide bonds. The number of hydrogen-bond donors (Lipinski definition) is 2. The van der Waals surface area contributed by atoms with Crippen molar-refractivity contribution in [3.05, 3.63) is 11.4 Å². The molecule has 3 N–H and O–H groups in total. The monoisotopic (exact) mass is 261 g/mol. The minimum atomic E-state index is -0.0936. The standard InChI is InChI=1S/C13H19N5O/c1-6-7(2)17-18-13(15-6)16-12(19)10-8-3-4-9(5-8)11(10)14/h8-11H,3-5,14H2,1-2H3,(H,15,16,18,19). The number of hydrogen-bond acceptors (Lipinski definition) is 5. The molecule has 1 aromatic rings. The van der Waals surface area contributed by atoms with Gasteiger partial charge in [-0.3, -0.25) is 10.1 Å². The van der Waals surface area contributed by atoms with E-state index in [1.165, 1.54) is 0 Å². The van der Waals surface area contributed by atoms with E-state index in [2.05, 4.69) is 20.5 Å². The lowest BCUT2D eigenvalue weighted by atomic mass is 9.84. The van der Waals surface area contributed by atoms with E-state index in [1.807, 2.05) is 13.8 Å². The van der Waals surface area contributed by atoms with E-state index in [0.29, 0.717) is 11.8 Å². The van der Waals surface area contributed by atoms with Crippen molar-refractivity contribution >= 4 is 11.9 Å². The Morgan fingerprint density at radius 2 is 1.95 bits per heavy atom. The number of anilines is 1. The fraction of sp³-hybridized carbons (Fsp3) is 0.692. The summed E-state index contributed by atoms with van der Waals surface area (Å²) in [4.78, 5) is 16.5. The van der Waals surface area contributed by atoms with Crippen LogP contribution in [0.2, 0.25) is 0 Å². The van der Waals surface area contributed by atoms with Crippen molar-refractivity contribution in [1.29, 1.82) is 0 Å². The summed E-state index contributed by atoms with van der Waals surface area (Å²) in [7, 11) is 0. The predicted molar refractivity (Wildman–Crippen MR) is 70.2 cm³/mol. The summed E-state index contributed by atoms with van der Waals surface area (Å²) in [6.07, 6.45) is 3.37. The Hall–Kier alpha value is -1.56. The molecule has 4 unspecified atom stereocenters. The Labute approximate surface area is 112 Å². The van der Waals surface area contributed by atoms with Gasteiger partial charge in [0.25, 0.3) is 0 Å². The molecule has 19 heavy (non-hydrogen) atoms. The largest absolute Gasteiger partial charge is 0.327 e. The first-order valence-corrected chi connectivity index (χ1v) is 6.80. The van der Waals surface area contributed by atoms with E-state index in [9.17, 15) is 4.79 Å². The van der Waals surface area contributed by atoms with E-state index in [0.717, 1.165) is 30.7 Å². The van der Waals surface area contributed by atoms with Crippen molar-refractivity contribution in [2.75, 3.05) is 5.32 Å². The predicted octanol–water partition coefficient (Wildman–Crippen LogP) is 0.800. The molecule has 102 valence electrons. The summed E-state index contributed by atoms with van der Waals surface area (Å²) >= 11 is 0. The molecule has 0 spiro atoms. The molecule has 2 aliphatic rings. The van der Waals surface area contributed by atoms with Gasteiger partial charge in [0.2, 0.25) is 11.9 Å². The number of carbonyl (C=O) groups is 1. The van der Waals surface area contributed by atoms with Crippen LogP contribution in [0.25, 0.3) is 0 Å². The first-order valence-electron chi connectivity index (χ1n) is 6.80. The van der Waals surface area contributed by atoms with Crippen LogP contribution in [0.5, 0.6) is 0 Å². The third kappa shape index (κ3) is 2.10. The Morgan fingerprint density at radius 1 is 1.21 bits per heavy atom. The summed E-state index contributed by atoms with van der Waals surface area (Å²) in [6, 6.07) is -0.0155. The number of nitrogens with two attached hydrogens (primary N) is 1. The number of carbonyl (C=O) groups excluding carboxylic acids is 1. The minimum absolute atomic E-state index is 0.0155. The average Bonchev–Trinajstić information content (AvgIpc) is 2.94. The number of fused-ring (bicyclic) bond motifs is 2. The topological polar surface area (TPSA) is 93.8 Å². The van der Waals surface area contributed by atoms with Crippen molar-refractivity contribution in [2.45, 2.75) is 39.2 Å². The second-order valence-electron chi connectivity index (χ2n) is 5.73. The quantitative estimate of drug-likeness (QED) is 0.821. The Bertz CT molecular complexity index is 516. The molecule has 0 saturated heterocycles.